The van der Waals surface area contributed by atoms with Gasteiger partial charge in [0.05, 0.1) is 5.60 Å². The lowest BCUT2D eigenvalue weighted by molar-refractivity contribution is 0.0202. The average Bonchev–Trinajstić information content (AvgIpc) is 2.66. The summed E-state index contributed by atoms with van der Waals surface area (Å²) in [5.41, 5.74) is -0.824. The summed E-state index contributed by atoms with van der Waals surface area (Å²) < 4.78 is 36.1. The van der Waals surface area contributed by atoms with Gasteiger partial charge in [-0.2, -0.15) is 8.42 Å². The van der Waals surface area contributed by atoms with Crippen molar-refractivity contribution in [3.8, 4) is 0 Å². The standard InChI is InChI=1S/C24H48O4S/c1-5-7-8-9-10-11-12-13-14-15-16-17-18-19-20-21-22-23(3)24(4,6-2)28-29(25,26)27/h13-14,23H,5-12,15-22H2,1-4H3,(H,25,26,27)/b14-13-. The molecule has 0 aliphatic carbocycles. The Morgan fingerprint density at radius 3 is 1.72 bits per heavy atom. The van der Waals surface area contributed by atoms with E-state index in [-0.39, 0.29) is 5.92 Å². The number of rotatable bonds is 20. The summed E-state index contributed by atoms with van der Waals surface area (Å²) in [7, 11) is -4.41. The fourth-order valence-electron chi connectivity index (χ4n) is 3.73. The van der Waals surface area contributed by atoms with Gasteiger partial charge in [-0.15, -0.1) is 0 Å². The van der Waals surface area contributed by atoms with Gasteiger partial charge in [0.15, 0.2) is 0 Å². The summed E-state index contributed by atoms with van der Waals surface area (Å²) >= 11 is 0. The highest BCUT2D eigenvalue weighted by molar-refractivity contribution is 7.80. The van der Waals surface area contributed by atoms with Crippen molar-refractivity contribution in [3.63, 3.8) is 0 Å². The molecule has 0 aromatic rings. The molecule has 0 saturated heterocycles. The third-order valence-electron chi connectivity index (χ3n) is 6.19. The van der Waals surface area contributed by atoms with Crippen molar-refractivity contribution in [1.29, 1.82) is 0 Å². The van der Waals surface area contributed by atoms with Crippen molar-refractivity contribution in [3.05, 3.63) is 12.2 Å². The lowest BCUT2D eigenvalue weighted by Crippen LogP contribution is -2.37. The zero-order chi connectivity index (χ0) is 22.0. The van der Waals surface area contributed by atoms with Crippen LogP contribution in [0, 0.1) is 5.92 Å². The fraction of sp³-hybridized carbons (Fsp3) is 0.917. The number of allylic oxidation sites excluding steroid dienone is 2. The summed E-state index contributed by atoms with van der Waals surface area (Å²) in [6.07, 6.45) is 24.2. The van der Waals surface area contributed by atoms with Gasteiger partial charge in [0.1, 0.15) is 0 Å². The Morgan fingerprint density at radius 1 is 0.828 bits per heavy atom. The molecule has 0 amide bonds. The van der Waals surface area contributed by atoms with Crippen molar-refractivity contribution in [1.82, 2.24) is 0 Å². The molecule has 4 nitrogen and oxygen atoms in total. The van der Waals surface area contributed by atoms with Gasteiger partial charge >= 0.3 is 10.4 Å². The van der Waals surface area contributed by atoms with E-state index in [0.717, 1.165) is 12.8 Å². The molecular formula is C24H48O4S. The van der Waals surface area contributed by atoms with Gasteiger partial charge in [0, 0.05) is 0 Å². The minimum absolute atomic E-state index is 0.0891. The van der Waals surface area contributed by atoms with Gasteiger partial charge in [0.2, 0.25) is 0 Å². The van der Waals surface area contributed by atoms with E-state index in [1.807, 2.05) is 13.8 Å². The average molecular weight is 433 g/mol. The maximum absolute atomic E-state index is 11.1. The van der Waals surface area contributed by atoms with Gasteiger partial charge in [-0.1, -0.05) is 97.1 Å². The van der Waals surface area contributed by atoms with Crippen molar-refractivity contribution in [2.75, 3.05) is 0 Å². The SMILES string of the molecule is CCCCCCCC/C=C\CCCCCCCCC(C)C(C)(CC)OS(=O)(=O)O. The van der Waals surface area contributed by atoms with E-state index in [9.17, 15) is 8.42 Å². The molecule has 0 bridgehead atoms. The third kappa shape index (κ3) is 17.0. The van der Waals surface area contributed by atoms with Crippen LogP contribution in [0.4, 0.5) is 0 Å². The smallest absolute Gasteiger partial charge is 0.264 e. The molecule has 0 fully saturated rings. The molecule has 0 aliphatic rings. The van der Waals surface area contributed by atoms with Crippen LogP contribution < -0.4 is 0 Å². The van der Waals surface area contributed by atoms with Crippen molar-refractivity contribution in [2.45, 2.75) is 136 Å². The summed E-state index contributed by atoms with van der Waals surface area (Å²) in [5, 5.41) is 0. The van der Waals surface area contributed by atoms with Crippen LogP contribution >= 0.6 is 0 Å². The molecule has 0 aromatic carbocycles. The number of hydrogen-bond acceptors (Lipinski definition) is 3. The highest BCUT2D eigenvalue weighted by Gasteiger charge is 2.34. The molecule has 0 rings (SSSR count). The monoisotopic (exact) mass is 432 g/mol. The second-order valence-corrected chi connectivity index (χ2v) is 9.83. The van der Waals surface area contributed by atoms with Gasteiger partial charge < -0.3 is 0 Å². The van der Waals surface area contributed by atoms with E-state index in [2.05, 4.69) is 19.1 Å². The topological polar surface area (TPSA) is 63.6 Å². The van der Waals surface area contributed by atoms with Crippen LogP contribution in [0.15, 0.2) is 12.2 Å². The van der Waals surface area contributed by atoms with Crippen molar-refractivity contribution < 1.29 is 17.2 Å². The molecule has 0 aliphatic heterocycles. The van der Waals surface area contributed by atoms with Gasteiger partial charge in [-0.05, 0) is 51.4 Å². The zero-order valence-electron chi connectivity index (χ0n) is 19.6. The van der Waals surface area contributed by atoms with Crippen LogP contribution in [0.3, 0.4) is 0 Å². The van der Waals surface area contributed by atoms with Crippen molar-refractivity contribution >= 4 is 10.4 Å². The van der Waals surface area contributed by atoms with E-state index in [4.69, 9.17) is 8.74 Å². The second-order valence-electron chi connectivity index (χ2n) is 8.80. The first-order valence-corrected chi connectivity index (χ1v) is 13.4. The molecule has 0 saturated carbocycles. The van der Waals surface area contributed by atoms with E-state index in [1.54, 1.807) is 6.92 Å². The lowest BCUT2D eigenvalue weighted by atomic mass is 9.84. The number of unbranched alkanes of at least 4 members (excludes halogenated alkanes) is 12. The summed E-state index contributed by atoms with van der Waals surface area (Å²) in [4.78, 5) is 0. The molecule has 0 heterocycles. The first-order valence-electron chi connectivity index (χ1n) is 12.1. The molecule has 5 heteroatoms. The zero-order valence-corrected chi connectivity index (χ0v) is 20.4. The first-order chi connectivity index (χ1) is 13.7. The largest absolute Gasteiger partial charge is 0.397 e. The van der Waals surface area contributed by atoms with Crippen LogP contribution in [0.1, 0.15) is 130 Å². The second kappa shape index (κ2) is 17.3. The Hall–Kier alpha value is -0.390. The maximum atomic E-state index is 11.1. The van der Waals surface area contributed by atoms with E-state index < -0.39 is 16.0 Å². The normalized spacial score (nSPS) is 15.6. The summed E-state index contributed by atoms with van der Waals surface area (Å²) in [5.74, 6) is 0.0891. The molecule has 29 heavy (non-hydrogen) atoms. The highest BCUT2D eigenvalue weighted by Crippen LogP contribution is 2.31. The highest BCUT2D eigenvalue weighted by atomic mass is 32.3. The summed E-state index contributed by atoms with van der Waals surface area (Å²) in [6, 6.07) is 0. The number of hydrogen-bond donors (Lipinski definition) is 1. The molecule has 174 valence electrons. The molecule has 0 radical (unpaired) electrons. The van der Waals surface area contributed by atoms with Crippen LogP contribution in [-0.4, -0.2) is 18.6 Å². The minimum Gasteiger partial charge on any atom is -0.264 e. The summed E-state index contributed by atoms with van der Waals surface area (Å²) in [6.45, 7) is 7.93. The molecule has 2 unspecified atom stereocenters. The molecule has 0 spiro atoms. The van der Waals surface area contributed by atoms with Gasteiger partial charge in [-0.25, -0.2) is 4.18 Å². The lowest BCUT2D eigenvalue weighted by Gasteiger charge is -2.32. The van der Waals surface area contributed by atoms with E-state index >= 15 is 0 Å². The quantitative estimate of drug-likeness (QED) is 0.120. The van der Waals surface area contributed by atoms with Crippen molar-refractivity contribution in [2.24, 2.45) is 5.92 Å². The Labute approximate surface area is 181 Å². The van der Waals surface area contributed by atoms with E-state index in [1.165, 1.54) is 83.5 Å². The maximum Gasteiger partial charge on any atom is 0.397 e. The van der Waals surface area contributed by atoms with E-state index in [0.29, 0.717) is 6.42 Å². The molecule has 1 N–H and O–H groups in total. The molecule has 0 aromatic heterocycles. The van der Waals surface area contributed by atoms with Gasteiger partial charge in [0.25, 0.3) is 0 Å². The Bertz CT molecular complexity index is 501. The molecule has 2 atom stereocenters. The Kier molecular flexibility index (Phi) is 17.1. The van der Waals surface area contributed by atoms with Crippen LogP contribution in [0.5, 0.6) is 0 Å². The minimum atomic E-state index is -4.41. The van der Waals surface area contributed by atoms with Crippen LogP contribution in [-0.2, 0) is 14.6 Å². The third-order valence-corrected chi connectivity index (χ3v) is 6.78. The first kappa shape index (κ1) is 28.6. The van der Waals surface area contributed by atoms with Crippen LogP contribution in [0.2, 0.25) is 0 Å². The Balaban J connectivity index is 3.60. The van der Waals surface area contributed by atoms with Crippen LogP contribution in [0.25, 0.3) is 0 Å². The molecular weight excluding hydrogens is 384 g/mol. The Morgan fingerprint density at radius 2 is 1.28 bits per heavy atom. The predicted molar refractivity (Wildman–Crippen MR) is 125 cm³/mol. The predicted octanol–water partition coefficient (Wildman–Crippen LogP) is 8.04. The van der Waals surface area contributed by atoms with Gasteiger partial charge in [-0.3, -0.25) is 4.55 Å². The fourth-order valence-corrected chi connectivity index (χ4v) is 4.50.